The van der Waals surface area contributed by atoms with Gasteiger partial charge >= 0.3 is 0 Å². The monoisotopic (exact) mass is 610 g/mol. The first kappa shape index (κ1) is 24.7. The normalized spacial score (nSPS) is 12.6. The molecule has 5 aromatic heterocycles. The minimum Gasteiger partial charge on any atom is -0.309 e. The number of nitrogens with zero attached hydrogens (tertiary/aromatic N) is 4. The van der Waals surface area contributed by atoms with E-state index in [0.717, 1.165) is 17.0 Å². The highest BCUT2D eigenvalue weighted by Crippen LogP contribution is 2.45. The van der Waals surface area contributed by atoms with Gasteiger partial charge in [-0.1, -0.05) is 97.1 Å². The molecule has 0 radical (unpaired) electrons. The van der Waals surface area contributed by atoms with E-state index in [1.807, 2.05) is 0 Å². The van der Waals surface area contributed by atoms with E-state index in [1.165, 1.54) is 81.8 Å². The van der Waals surface area contributed by atoms with Crippen LogP contribution in [0.25, 0.3) is 98.9 Å². The fraction of sp³-hybridized carbons (Fsp3) is 0. The molecule has 0 saturated carbocycles. The van der Waals surface area contributed by atoms with Gasteiger partial charge in [-0.15, -0.1) is 0 Å². The summed E-state index contributed by atoms with van der Waals surface area (Å²) in [6.07, 6.45) is 0. The number of hydrogen-bond acceptors (Lipinski definition) is 0. The van der Waals surface area contributed by atoms with Crippen LogP contribution >= 0.6 is 0 Å². The van der Waals surface area contributed by atoms with Gasteiger partial charge in [0.05, 0.1) is 44.1 Å². The van der Waals surface area contributed by atoms with Gasteiger partial charge in [-0.3, -0.25) is 8.97 Å². The van der Waals surface area contributed by atoms with Gasteiger partial charge in [0.1, 0.15) is 5.65 Å². The highest BCUT2D eigenvalue weighted by Gasteiger charge is 2.23. The number of imidazole rings is 1. The first-order valence-electron chi connectivity index (χ1n) is 16.5. The van der Waals surface area contributed by atoms with E-state index in [0.29, 0.717) is 0 Å². The molecular weight excluding hydrogens is 585 g/mol. The van der Waals surface area contributed by atoms with Crippen LogP contribution in [0.4, 0.5) is 0 Å². The minimum atomic E-state index is 1.15. The molecule has 222 valence electrons. The zero-order valence-corrected chi connectivity index (χ0v) is 25.8. The van der Waals surface area contributed by atoms with Gasteiger partial charge in [-0.2, -0.15) is 0 Å². The smallest absolute Gasteiger partial charge is 0.123 e. The zero-order valence-electron chi connectivity index (χ0n) is 25.8. The lowest BCUT2D eigenvalue weighted by Gasteiger charge is -2.10. The maximum atomic E-state index is 2.52. The summed E-state index contributed by atoms with van der Waals surface area (Å²) < 4.78 is 9.80. The molecule has 0 bridgehead atoms. The van der Waals surface area contributed by atoms with E-state index >= 15 is 0 Å². The van der Waals surface area contributed by atoms with Crippen molar-refractivity contribution in [2.75, 3.05) is 0 Å². The van der Waals surface area contributed by atoms with Crippen LogP contribution in [0.2, 0.25) is 0 Å². The molecule has 12 aromatic rings. The maximum absolute atomic E-state index is 2.52. The summed E-state index contributed by atoms with van der Waals surface area (Å²) in [5.74, 6) is 0. The lowest BCUT2D eigenvalue weighted by molar-refractivity contribution is 1.15. The van der Waals surface area contributed by atoms with E-state index in [9.17, 15) is 0 Å². The number of aromatic nitrogens is 4. The second-order valence-electron chi connectivity index (χ2n) is 13.0. The van der Waals surface area contributed by atoms with Crippen LogP contribution in [0.5, 0.6) is 0 Å². The SMILES string of the molecule is c1ccc(-n2c3ccc(-n4c5ccccc5c5c4ccc4c6cccc7c8ccccc8n(c76)c45)cc3n3c4ccccc4cc23)cc1. The highest BCUT2D eigenvalue weighted by molar-refractivity contribution is 6.30. The molecule has 7 aromatic carbocycles. The fourth-order valence-electron chi connectivity index (χ4n) is 8.79. The molecule has 0 saturated heterocycles. The van der Waals surface area contributed by atoms with Crippen LogP contribution in [0.15, 0.2) is 158 Å². The first-order valence-corrected chi connectivity index (χ1v) is 16.5. The molecule has 0 atom stereocenters. The summed E-state index contributed by atoms with van der Waals surface area (Å²) in [6.45, 7) is 0. The zero-order chi connectivity index (χ0) is 31.1. The molecule has 0 aliphatic heterocycles. The molecule has 4 nitrogen and oxygen atoms in total. The Morgan fingerprint density at radius 3 is 1.85 bits per heavy atom. The third kappa shape index (κ3) is 2.88. The van der Waals surface area contributed by atoms with Gasteiger partial charge < -0.3 is 8.97 Å². The summed E-state index contributed by atoms with van der Waals surface area (Å²) in [5, 5.41) is 9.02. The molecule has 0 spiro atoms. The van der Waals surface area contributed by atoms with E-state index in [-0.39, 0.29) is 0 Å². The summed E-state index contributed by atoms with van der Waals surface area (Å²) >= 11 is 0. The summed E-state index contributed by atoms with van der Waals surface area (Å²) in [7, 11) is 0. The van der Waals surface area contributed by atoms with Crippen molar-refractivity contribution < 1.29 is 0 Å². The van der Waals surface area contributed by atoms with Crippen LogP contribution < -0.4 is 0 Å². The molecule has 0 amide bonds. The van der Waals surface area contributed by atoms with Gasteiger partial charge in [-0.25, -0.2) is 0 Å². The summed E-state index contributed by atoms with van der Waals surface area (Å²) in [6, 6.07) is 57.9. The third-order valence-corrected chi connectivity index (χ3v) is 10.7. The quantitative estimate of drug-likeness (QED) is 0.185. The molecule has 5 heterocycles. The average Bonchev–Trinajstić information content (AvgIpc) is 3.93. The predicted molar refractivity (Wildman–Crippen MR) is 201 cm³/mol. The number of hydrogen-bond donors (Lipinski definition) is 0. The molecule has 0 aliphatic rings. The van der Waals surface area contributed by atoms with Gasteiger partial charge in [0.15, 0.2) is 0 Å². The molecule has 12 rings (SSSR count). The van der Waals surface area contributed by atoms with Gasteiger partial charge in [0.25, 0.3) is 0 Å². The van der Waals surface area contributed by atoms with Crippen molar-refractivity contribution in [2.45, 2.75) is 0 Å². The molecular formula is C44H26N4. The van der Waals surface area contributed by atoms with Crippen LogP contribution in [-0.2, 0) is 0 Å². The van der Waals surface area contributed by atoms with Crippen LogP contribution in [0.3, 0.4) is 0 Å². The predicted octanol–water partition coefficient (Wildman–Crippen LogP) is 11.3. The second kappa shape index (κ2) is 8.64. The Morgan fingerprint density at radius 1 is 0.312 bits per heavy atom. The number of fused-ring (bicyclic) bond motifs is 15. The highest BCUT2D eigenvalue weighted by atomic mass is 15.1. The van der Waals surface area contributed by atoms with Crippen molar-refractivity contribution in [1.29, 1.82) is 0 Å². The Bertz CT molecular complexity index is 3280. The standard InChI is InChI=1S/C44H26N4/c1-2-12-28(13-3-1)46-38-23-21-29(26-40(38)47-35-18-7-4-11-27(35)25-41(46)47)45-37-20-9-6-15-34(37)42-39(45)24-22-33-32-17-10-16-31-30-14-5-8-19-36(30)48(43(31)32)44(33)42/h1-26H. The van der Waals surface area contributed by atoms with Crippen LogP contribution in [0, 0.1) is 0 Å². The summed E-state index contributed by atoms with van der Waals surface area (Å²) in [4.78, 5) is 0. The van der Waals surface area contributed by atoms with Gasteiger partial charge in [0, 0.05) is 49.1 Å². The molecule has 0 N–H and O–H groups in total. The Balaban J connectivity index is 1.24. The Labute approximate surface area is 273 Å². The Kier molecular flexibility index (Phi) is 4.44. The van der Waals surface area contributed by atoms with Crippen molar-refractivity contribution in [2.24, 2.45) is 0 Å². The first-order chi connectivity index (χ1) is 23.8. The molecule has 48 heavy (non-hydrogen) atoms. The largest absolute Gasteiger partial charge is 0.309 e. The van der Waals surface area contributed by atoms with E-state index in [4.69, 9.17) is 0 Å². The van der Waals surface area contributed by atoms with Crippen molar-refractivity contribution in [3.63, 3.8) is 0 Å². The molecule has 0 fully saturated rings. The number of rotatable bonds is 2. The van der Waals surface area contributed by atoms with E-state index < -0.39 is 0 Å². The lowest BCUT2D eigenvalue weighted by Crippen LogP contribution is -1.95. The van der Waals surface area contributed by atoms with Crippen LogP contribution in [-0.4, -0.2) is 17.9 Å². The van der Waals surface area contributed by atoms with E-state index in [1.54, 1.807) is 0 Å². The van der Waals surface area contributed by atoms with Crippen molar-refractivity contribution in [3.05, 3.63) is 158 Å². The third-order valence-electron chi connectivity index (χ3n) is 10.7. The van der Waals surface area contributed by atoms with Crippen molar-refractivity contribution in [3.8, 4) is 11.4 Å². The minimum absolute atomic E-state index is 1.15. The Hall–Kier alpha value is -6.52. The topological polar surface area (TPSA) is 18.7 Å². The van der Waals surface area contributed by atoms with E-state index in [2.05, 4.69) is 176 Å². The lowest BCUT2D eigenvalue weighted by atomic mass is 10.1. The molecule has 4 heteroatoms. The maximum Gasteiger partial charge on any atom is 0.123 e. The van der Waals surface area contributed by atoms with Crippen LogP contribution in [0.1, 0.15) is 0 Å². The fourth-order valence-corrected chi connectivity index (χ4v) is 8.79. The molecule has 0 unspecified atom stereocenters. The average molecular weight is 611 g/mol. The molecule has 0 aliphatic carbocycles. The van der Waals surface area contributed by atoms with Crippen molar-refractivity contribution >= 4 is 87.5 Å². The van der Waals surface area contributed by atoms with Gasteiger partial charge in [-0.05, 0) is 60.7 Å². The second-order valence-corrected chi connectivity index (χ2v) is 13.0. The van der Waals surface area contributed by atoms with Crippen molar-refractivity contribution in [1.82, 2.24) is 17.9 Å². The Morgan fingerprint density at radius 2 is 0.979 bits per heavy atom. The summed E-state index contributed by atoms with van der Waals surface area (Å²) in [5.41, 5.74) is 13.3. The number of para-hydroxylation sites is 5. The number of benzene rings is 7. The van der Waals surface area contributed by atoms with Gasteiger partial charge in [0.2, 0.25) is 0 Å².